The first-order valence-corrected chi connectivity index (χ1v) is 7.11. The number of carbonyl (C=O) groups excluding carboxylic acids is 1. The van der Waals surface area contributed by atoms with E-state index in [0.717, 1.165) is 5.75 Å². The molecule has 1 amide bonds. The van der Waals surface area contributed by atoms with Gasteiger partial charge in [-0.25, -0.2) is 5.84 Å². The third kappa shape index (κ3) is 4.47. The van der Waals surface area contributed by atoms with Crippen LogP contribution in [-0.2, 0) is 0 Å². The maximum Gasteiger partial charge on any atom is 0.265 e. The number of hydrazine groups is 1. The van der Waals surface area contributed by atoms with Gasteiger partial charge in [-0.05, 0) is 46.3 Å². The minimum Gasteiger partial charge on any atom is -0.490 e. The van der Waals surface area contributed by atoms with Gasteiger partial charge >= 0.3 is 0 Å². The lowest BCUT2D eigenvalue weighted by Crippen LogP contribution is -2.29. The zero-order valence-corrected chi connectivity index (χ0v) is 12.8. The number of hydrogen-bond donors (Lipinski definition) is 2. The zero-order chi connectivity index (χ0) is 15.1. The Morgan fingerprint density at radius 3 is 2.48 bits per heavy atom. The Balaban J connectivity index is 1.85. The quantitative estimate of drug-likeness (QED) is 0.363. The number of ether oxygens (including phenoxy) is 2. The summed E-state index contributed by atoms with van der Waals surface area (Å²) in [4.78, 5) is 11.4. The molecule has 0 aliphatic carbocycles. The number of nitrogens with one attached hydrogen (secondary N) is 1. The molecule has 0 saturated heterocycles. The number of nitrogens with two attached hydrogens (primary N) is 1. The Morgan fingerprint density at radius 1 is 1.10 bits per heavy atom. The van der Waals surface area contributed by atoms with Crippen LogP contribution in [0.5, 0.6) is 11.5 Å². The maximum absolute atomic E-state index is 11.4. The molecule has 110 valence electrons. The lowest BCUT2D eigenvalue weighted by Gasteiger charge is -2.10. The summed E-state index contributed by atoms with van der Waals surface area (Å²) in [6, 6.07) is 14.5. The summed E-state index contributed by atoms with van der Waals surface area (Å²) in [6.07, 6.45) is 0. The standard InChI is InChI=1S/C15H15BrN2O3/c16-13-10-11(15(19)18-17)6-7-14(13)21-9-8-20-12-4-2-1-3-5-12/h1-7,10H,8-9,17H2,(H,18,19). The van der Waals surface area contributed by atoms with E-state index in [1.54, 1.807) is 18.2 Å². The molecule has 0 unspecified atom stereocenters. The summed E-state index contributed by atoms with van der Waals surface area (Å²) in [7, 11) is 0. The first-order chi connectivity index (χ1) is 10.2. The highest BCUT2D eigenvalue weighted by molar-refractivity contribution is 9.10. The number of amides is 1. The molecule has 0 spiro atoms. The summed E-state index contributed by atoms with van der Waals surface area (Å²) >= 11 is 3.36. The van der Waals surface area contributed by atoms with Gasteiger partial charge in [0.25, 0.3) is 5.91 Å². The van der Waals surface area contributed by atoms with E-state index >= 15 is 0 Å². The Labute approximate surface area is 131 Å². The molecule has 21 heavy (non-hydrogen) atoms. The molecule has 2 rings (SSSR count). The molecule has 6 heteroatoms. The van der Waals surface area contributed by atoms with E-state index in [1.807, 2.05) is 30.3 Å². The zero-order valence-electron chi connectivity index (χ0n) is 11.2. The summed E-state index contributed by atoms with van der Waals surface area (Å²) < 4.78 is 11.8. The molecule has 0 aliphatic heterocycles. The van der Waals surface area contributed by atoms with Crippen molar-refractivity contribution in [1.82, 2.24) is 5.43 Å². The van der Waals surface area contributed by atoms with Crippen LogP contribution in [0.15, 0.2) is 53.0 Å². The Hall–Kier alpha value is -2.05. The molecule has 0 atom stereocenters. The van der Waals surface area contributed by atoms with Gasteiger partial charge in [0.2, 0.25) is 0 Å². The molecular formula is C15H15BrN2O3. The number of para-hydroxylation sites is 1. The van der Waals surface area contributed by atoms with Gasteiger partial charge in [-0.3, -0.25) is 10.2 Å². The highest BCUT2D eigenvalue weighted by Gasteiger charge is 2.07. The minimum atomic E-state index is -0.352. The van der Waals surface area contributed by atoms with Gasteiger partial charge < -0.3 is 9.47 Å². The van der Waals surface area contributed by atoms with E-state index in [-0.39, 0.29) is 5.91 Å². The molecule has 0 saturated carbocycles. The van der Waals surface area contributed by atoms with Gasteiger partial charge in [0.1, 0.15) is 24.7 Å². The molecule has 0 heterocycles. The average molecular weight is 351 g/mol. The van der Waals surface area contributed by atoms with Crippen LogP contribution in [0.25, 0.3) is 0 Å². The molecular weight excluding hydrogens is 336 g/mol. The molecule has 0 radical (unpaired) electrons. The summed E-state index contributed by atoms with van der Waals surface area (Å²) in [5, 5.41) is 0. The smallest absolute Gasteiger partial charge is 0.265 e. The van der Waals surface area contributed by atoms with E-state index in [9.17, 15) is 4.79 Å². The van der Waals surface area contributed by atoms with Crippen molar-refractivity contribution in [2.75, 3.05) is 13.2 Å². The molecule has 3 N–H and O–H groups in total. The van der Waals surface area contributed by atoms with Crippen LogP contribution in [-0.4, -0.2) is 19.1 Å². The second kappa shape index (κ2) is 7.66. The molecule has 0 aliphatic rings. The normalized spacial score (nSPS) is 10.0. The van der Waals surface area contributed by atoms with Crippen molar-refractivity contribution in [2.45, 2.75) is 0 Å². The number of carbonyl (C=O) groups is 1. The van der Waals surface area contributed by atoms with Crippen LogP contribution in [0.3, 0.4) is 0 Å². The van der Waals surface area contributed by atoms with E-state index in [0.29, 0.717) is 29.0 Å². The van der Waals surface area contributed by atoms with Crippen molar-refractivity contribution in [3.8, 4) is 11.5 Å². The van der Waals surface area contributed by atoms with Crippen molar-refractivity contribution in [1.29, 1.82) is 0 Å². The summed E-state index contributed by atoms with van der Waals surface area (Å²) in [5.74, 6) is 6.17. The highest BCUT2D eigenvalue weighted by atomic mass is 79.9. The topological polar surface area (TPSA) is 73.6 Å². The highest BCUT2D eigenvalue weighted by Crippen LogP contribution is 2.26. The van der Waals surface area contributed by atoms with Gasteiger partial charge in [0.05, 0.1) is 4.47 Å². The third-order valence-corrected chi connectivity index (χ3v) is 3.30. The fourth-order valence-electron chi connectivity index (χ4n) is 1.67. The first-order valence-electron chi connectivity index (χ1n) is 6.32. The van der Waals surface area contributed by atoms with Gasteiger partial charge in [-0.1, -0.05) is 18.2 Å². The molecule has 0 aromatic heterocycles. The van der Waals surface area contributed by atoms with Crippen molar-refractivity contribution >= 4 is 21.8 Å². The Bertz CT molecular complexity index is 605. The lowest BCUT2D eigenvalue weighted by atomic mass is 10.2. The van der Waals surface area contributed by atoms with Gasteiger partial charge in [-0.15, -0.1) is 0 Å². The van der Waals surface area contributed by atoms with Gasteiger partial charge in [-0.2, -0.15) is 0 Å². The number of rotatable bonds is 6. The molecule has 0 bridgehead atoms. The van der Waals surface area contributed by atoms with Crippen LogP contribution in [0.1, 0.15) is 10.4 Å². The van der Waals surface area contributed by atoms with Gasteiger partial charge in [0.15, 0.2) is 0 Å². The van der Waals surface area contributed by atoms with Crippen molar-refractivity contribution in [2.24, 2.45) is 5.84 Å². The van der Waals surface area contributed by atoms with Crippen LogP contribution in [0.4, 0.5) is 0 Å². The molecule has 2 aromatic carbocycles. The molecule has 2 aromatic rings. The maximum atomic E-state index is 11.4. The fraction of sp³-hybridized carbons (Fsp3) is 0.133. The molecule has 0 fully saturated rings. The average Bonchev–Trinajstić information content (AvgIpc) is 2.53. The summed E-state index contributed by atoms with van der Waals surface area (Å²) in [6.45, 7) is 0.831. The second-order valence-corrected chi connectivity index (χ2v) is 4.98. The van der Waals surface area contributed by atoms with E-state index in [1.165, 1.54) is 0 Å². The largest absolute Gasteiger partial charge is 0.490 e. The number of hydrogen-bond acceptors (Lipinski definition) is 4. The van der Waals surface area contributed by atoms with Crippen LogP contribution in [0.2, 0.25) is 0 Å². The Kier molecular flexibility index (Phi) is 5.59. The Morgan fingerprint density at radius 2 is 1.81 bits per heavy atom. The predicted octanol–water partition coefficient (Wildman–Crippen LogP) is 2.51. The number of nitrogen functional groups attached to an aromatic ring is 1. The SMILES string of the molecule is NNC(=O)c1ccc(OCCOc2ccccc2)c(Br)c1. The monoisotopic (exact) mass is 350 g/mol. The fourth-order valence-corrected chi connectivity index (χ4v) is 2.16. The number of halogens is 1. The van der Waals surface area contributed by atoms with E-state index < -0.39 is 0 Å². The summed E-state index contributed by atoms with van der Waals surface area (Å²) in [5.41, 5.74) is 2.53. The van der Waals surface area contributed by atoms with Crippen molar-refractivity contribution < 1.29 is 14.3 Å². The van der Waals surface area contributed by atoms with E-state index in [4.69, 9.17) is 15.3 Å². The predicted molar refractivity (Wildman–Crippen MR) is 83.2 cm³/mol. The molecule has 5 nitrogen and oxygen atoms in total. The van der Waals surface area contributed by atoms with Crippen LogP contribution >= 0.6 is 15.9 Å². The second-order valence-electron chi connectivity index (χ2n) is 4.13. The minimum absolute atomic E-state index is 0.352. The first kappa shape index (κ1) is 15.3. The van der Waals surface area contributed by atoms with E-state index in [2.05, 4.69) is 21.4 Å². The lowest BCUT2D eigenvalue weighted by molar-refractivity contribution is 0.0953. The van der Waals surface area contributed by atoms with Crippen molar-refractivity contribution in [3.05, 3.63) is 58.6 Å². The van der Waals surface area contributed by atoms with Crippen LogP contribution < -0.4 is 20.7 Å². The third-order valence-electron chi connectivity index (χ3n) is 2.68. The number of benzene rings is 2. The van der Waals surface area contributed by atoms with Gasteiger partial charge in [0, 0.05) is 5.56 Å². The van der Waals surface area contributed by atoms with Crippen molar-refractivity contribution in [3.63, 3.8) is 0 Å². The van der Waals surface area contributed by atoms with Crippen LogP contribution in [0, 0.1) is 0 Å².